The van der Waals surface area contributed by atoms with Crippen LogP contribution in [0.4, 0.5) is 9.59 Å². The van der Waals surface area contributed by atoms with E-state index >= 15 is 0 Å². The van der Waals surface area contributed by atoms with E-state index in [1.54, 1.807) is 31.2 Å². The van der Waals surface area contributed by atoms with Gasteiger partial charge >= 0.3 is 18.2 Å². The molecule has 1 aromatic rings. The molecule has 0 aromatic heterocycles. The highest BCUT2D eigenvalue weighted by atomic mass is 16.6. The lowest BCUT2D eigenvalue weighted by molar-refractivity contribution is -0.145. The van der Waals surface area contributed by atoms with E-state index in [2.05, 4.69) is 15.4 Å². The molecule has 0 spiro atoms. The average molecular weight is 310 g/mol. The van der Waals surface area contributed by atoms with Crippen LogP contribution in [-0.4, -0.2) is 35.5 Å². The standard InChI is InChI=1S/C14H18N2O6/c1-3-21-12(19)15-14(2,11(17)18)16-13(20)22-9-10-7-5-4-6-8-10/h4-8H,3,9H2,1-2H3,(H,15,19)(H,16,20)(H,17,18). The highest BCUT2D eigenvalue weighted by molar-refractivity contribution is 5.87. The Balaban J connectivity index is 2.60. The van der Waals surface area contributed by atoms with Crippen molar-refractivity contribution in [2.75, 3.05) is 6.61 Å². The molecule has 1 rings (SSSR count). The van der Waals surface area contributed by atoms with Crippen LogP contribution in [0.2, 0.25) is 0 Å². The average Bonchev–Trinajstić information content (AvgIpc) is 2.46. The summed E-state index contributed by atoms with van der Waals surface area (Å²) in [5.74, 6) is -1.46. The minimum atomic E-state index is -2.04. The maximum Gasteiger partial charge on any atom is 0.409 e. The van der Waals surface area contributed by atoms with Gasteiger partial charge in [-0.05, 0) is 19.4 Å². The van der Waals surface area contributed by atoms with Gasteiger partial charge < -0.3 is 14.6 Å². The molecule has 0 heterocycles. The molecule has 1 atom stereocenters. The Hall–Kier alpha value is -2.77. The molecule has 8 nitrogen and oxygen atoms in total. The number of alkyl carbamates (subject to hydrolysis) is 2. The number of nitrogens with one attached hydrogen (secondary N) is 2. The van der Waals surface area contributed by atoms with Gasteiger partial charge in [-0.2, -0.15) is 0 Å². The first kappa shape index (κ1) is 17.3. The molecule has 8 heteroatoms. The zero-order valence-corrected chi connectivity index (χ0v) is 12.3. The number of amides is 2. The van der Waals surface area contributed by atoms with Gasteiger partial charge in [-0.3, -0.25) is 10.6 Å². The Morgan fingerprint density at radius 1 is 1.09 bits per heavy atom. The van der Waals surface area contributed by atoms with Crippen LogP contribution in [0, 0.1) is 0 Å². The van der Waals surface area contributed by atoms with Crippen molar-refractivity contribution in [3.8, 4) is 0 Å². The van der Waals surface area contributed by atoms with Crippen molar-refractivity contribution in [1.29, 1.82) is 0 Å². The lowest BCUT2D eigenvalue weighted by Crippen LogP contribution is -2.63. The van der Waals surface area contributed by atoms with E-state index in [0.29, 0.717) is 0 Å². The number of hydrogen-bond donors (Lipinski definition) is 3. The molecular formula is C14H18N2O6. The molecule has 0 fully saturated rings. The highest BCUT2D eigenvalue weighted by Crippen LogP contribution is 2.04. The molecule has 0 saturated carbocycles. The Labute approximate surface area is 127 Å². The topological polar surface area (TPSA) is 114 Å². The number of ether oxygens (including phenoxy) is 2. The second-order valence-electron chi connectivity index (χ2n) is 4.46. The Kier molecular flexibility index (Phi) is 6.18. The Morgan fingerprint density at radius 3 is 2.14 bits per heavy atom. The summed E-state index contributed by atoms with van der Waals surface area (Å²) >= 11 is 0. The predicted octanol–water partition coefficient (Wildman–Crippen LogP) is 1.46. The van der Waals surface area contributed by atoms with E-state index in [1.165, 1.54) is 0 Å². The third-order valence-electron chi connectivity index (χ3n) is 2.62. The maximum absolute atomic E-state index is 11.7. The van der Waals surface area contributed by atoms with E-state index < -0.39 is 23.8 Å². The van der Waals surface area contributed by atoms with Gasteiger partial charge in [0.1, 0.15) is 6.61 Å². The van der Waals surface area contributed by atoms with Crippen molar-refractivity contribution >= 4 is 18.2 Å². The molecule has 0 aliphatic heterocycles. The fourth-order valence-corrected chi connectivity index (χ4v) is 1.47. The molecule has 2 amide bonds. The van der Waals surface area contributed by atoms with Crippen molar-refractivity contribution in [2.24, 2.45) is 0 Å². The summed E-state index contributed by atoms with van der Waals surface area (Å²) in [6.45, 7) is 2.72. The van der Waals surface area contributed by atoms with Crippen molar-refractivity contribution in [3.63, 3.8) is 0 Å². The predicted molar refractivity (Wildman–Crippen MR) is 76.0 cm³/mol. The number of aliphatic carboxylic acids is 1. The number of benzene rings is 1. The lowest BCUT2D eigenvalue weighted by Gasteiger charge is -2.26. The molecule has 3 N–H and O–H groups in total. The van der Waals surface area contributed by atoms with Gasteiger partial charge in [0.05, 0.1) is 6.61 Å². The third kappa shape index (κ3) is 5.31. The smallest absolute Gasteiger partial charge is 0.409 e. The minimum Gasteiger partial charge on any atom is -0.478 e. The summed E-state index contributed by atoms with van der Waals surface area (Å²) < 4.78 is 9.50. The molecule has 22 heavy (non-hydrogen) atoms. The second-order valence-corrected chi connectivity index (χ2v) is 4.46. The SMILES string of the molecule is CCOC(=O)NC(C)(NC(=O)OCc1ccccc1)C(=O)O. The summed E-state index contributed by atoms with van der Waals surface area (Å²) in [7, 11) is 0. The van der Waals surface area contributed by atoms with Gasteiger partial charge in [-0.1, -0.05) is 30.3 Å². The number of rotatable bonds is 6. The monoisotopic (exact) mass is 310 g/mol. The first-order valence-electron chi connectivity index (χ1n) is 6.54. The van der Waals surface area contributed by atoms with Crippen LogP contribution in [0.1, 0.15) is 19.4 Å². The van der Waals surface area contributed by atoms with Gasteiger partial charge in [-0.15, -0.1) is 0 Å². The van der Waals surface area contributed by atoms with Crippen LogP contribution in [0.3, 0.4) is 0 Å². The number of carboxylic acids is 1. The molecule has 0 saturated heterocycles. The van der Waals surface area contributed by atoms with E-state index in [9.17, 15) is 14.4 Å². The first-order chi connectivity index (χ1) is 10.4. The lowest BCUT2D eigenvalue weighted by atomic mass is 10.2. The van der Waals surface area contributed by atoms with E-state index in [4.69, 9.17) is 9.84 Å². The molecule has 0 bridgehead atoms. The van der Waals surface area contributed by atoms with Gasteiger partial charge in [0.15, 0.2) is 0 Å². The Bertz CT molecular complexity index is 533. The van der Waals surface area contributed by atoms with Crippen LogP contribution in [-0.2, 0) is 20.9 Å². The third-order valence-corrected chi connectivity index (χ3v) is 2.62. The quantitative estimate of drug-likeness (QED) is 0.685. The van der Waals surface area contributed by atoms with Gasteiger partial charge in [0.25, 0.3) is 0 Å². The van der Waals surface area contributed by atoms with E-state index in [-0.39, 0.29) is 13.2 Å². The number of carbonyl (C=O) groups excluding carboxylic acids is 2. The summed E-state index contributed by atoms with van der Waals surface area (Å²) in [5, 5.41) is 13.3. The summed E-state index contributed by atoms with van der Waals surface area (Å²) in [5.41, 5.74) is -1.30. The van der Waals surface area contributed by atoms with Gasteiger partial charge in [0, 0.05) is 0 Å². The number of hydrogen-bond acceptors (Lipinski definition) is 5. The van der Waals surface area contributed by atoms with Gasteiger partial charge in [0.2, 0.25) is 5.66 Å². The molecule has 0 radical (unpaired) electrons. The fourth-order valence-electron chi connectivity index (χ4n) is 1.47. The van der Waals surface area contributed by atoms with Crippen LogP contribution in [0.5, 0.6) is 0 Å². The summed E-state index contributed by atoms with van der Waals surface area (Å²) in [6.07, 6.45) is -1.94. The second kappa shape index (κ2) is 7.87. The first-order valence-corrected chi connectivity index (χ1v) is 6.54. The largest absolute Gasteiger partial charge is 0.478 e. The number of carboxylic acid groups (broad SMARTS) is 1. The maximum atomic E-state index is 11.7. The van der Waals surface area contributed by atoms with Crippen LogP contribution in [0.15, 0.2) is 30.3 Å². The van der Waals surface area contributed by atoms with E-state index in [1.807, 2.05) is 6.07 Å². The minimum absolute atomic E-state index is 0.0260. The molecular weight excluding hydrogens is 292 g/mol. The zero-order chi connectivity index (χ0) is 16.6. The molecule has 1 unspecified atom stereocenters. The fraction of sp³-hybridized carbons (Fsp3) is 0.357. The summed E-state index contributed by atoms with van der Waals surface area (Å²) in [6, 6.07) is 8.87. The zero-order valence-electron chi connectivity index (χ0n) is 12.3. The Morgan fingerprint density at radius 2 is 1.64 bits per heavy atom. The molecule has 1 aromatic carbocycles. The van der Waals surface area contributed by atoms with Crippen LogP contribution >= 0.6 is 0 Å². The van der Waals surface area contributed by atoms with Crippen LogP contribution < -0.4 is 10.6 Å². The van der Waals surface area contributed by atoms with Crippen molar-refractivity contribution in [2.45, 2.75) is 26.1 Å². The normalized spacial score (nSPS) is 12.6. The number of carbonyl (C=O) groups is 3. The van der Waals surface area contributed by atoms with Crippen molar-refractivity contribution < 1.29 is 29.0 Å². The molecule has 0 aliphatic carbocycles. The van der Waals surface area contributed by atoms with Gasteiger partial charge in [-0.25, -0.2) is 14.4 Å². The molecule has 120 valence electrons. The molecule has 0 aliphatic rings. The summed E-state index contributed by atoms with van der Waals surface area (Å²) in [4.78, 5) is 34.3. The van der Waals surface area contributed by atoms with Crippen molar-refractivity contribution in [3.05, 3.63) is 35.9 Å². The van der Waals surface area contributed by atoms with Crippen LogP contribution in [0.25, 0.3) is 0 Å². The van der Waals surface area contributed by atoms with Crippen molar-refractivity contribution in [1.82, 2.24) is 10.6 Å². The van der Waals surface area contributed by atoms with E-state index in [0.717, 1.165) is 12.5 Å². The highest BCUT2D eigenvalue weighted by Gasteiger charge is 2.37.